The summed E-state index contributed by atoms with van der Waals surface area (Å²) in [4.78, 5) is 0. The molecule has 3 rings (SSSR count). The van der Waals surface area contributed by atoms with Crippen LogP contribution in [0.3, 0.4) is 0 Å². The van der Waals surface area contributed by atoms with E-state index in [4.69, 9.17) is 5.73 Å². The van der Waals surface area contributed by atoms with Crippen molar-refractivity contribution in [2.75, 3.05) is 6.54 Å². The Balaban J connectivity index is 1.68. The fourth-order valence-corrected chi connectivity index (χ4v) is 3.24. The van der Waals surface area contributed by atoms with E-state index in [0.29, 0.717) is 18.2 Å². The van der Waals surface area contributed by atoms with Gasteiger partial charge in [0.05, 0.1) is 6.17 Å². The molecular weight excluding hydrogens is 222 g/mol. The van der Waals surface area contributed by atoms with Crippen LogP contribution in [0.25, 0.3) is 0 Å². The molecule has 0 radical (unpaired) electrons. The molecule has 98 valence electrons. The van der Waals surface area contributed by atoms with E-state index in [-0.39, 0.29) is 0 Å². The van der Waals surface area contributed by atoms with Crippen LogP contribution < -0.4 is 16.4 Å². The molecule has 18 heavy (non-hydrogen) atoms. The normalized spacial score (nSPS) is 31.3. The van der Waals surface area contributed by atoms with E-state index >= 15 is 0 Å². The van der Waals surface area contributed by atoms with Gasteiger partial charge in [0.2, 0.25) is 0 Å². The summed E-state index contributed by atoms with van der Waals surface area (Å²) in [5.41, 5.74) is 8.26. The van der Waals surface area contributed by atoms with Gasteiger partial charge in [0, 0.05) is 12.1 Å². The minimum atomic E-state index is 0.338. The Morgan fingerprint density at radius 1 is 1.00 bits per heavy atom. The van der Waals surface area contributed by atoms with Crippen LogP contribution in [0.2, 0.25) is 0 Å². The highest BCUT2D eigenvalue weighted by Crippen LogP contribution is 2.28. The van der Waals surface area contributed by atoms with Crippen LogP contribution in [0.4, 0.5) is 0 Å². The van der Waals surface area contributed by atoms with Crippen LogP contribution >= 0.6 is 0 Å². The molecule has 3 nitrogen and oxygen atoms in total. The van der Waals surface area contributed by atoms with Crippen molar-refractivity contribution in [3.05, 3.63) is 35.4 Å². The second-order valence-electron chi connectivity index (χ2n) is 5.54. The maximum absolute atomic E-state index is 5.58. The highest BCUT2D eigenvalue weighted by Gasteiger charge is 2.34. The van der Waals surface area contributed by atoms with Gasteiger partial charge in [0.25, 0.3) is 0 Å². The number of benzene rings is 1. The molecule has 3 atom stereocenters. The third-order valence-electron chi connectivity index (χ3n) is 4.27. The van der Waals surface area contributed by atoms with Gasteiger partial charge in [0.1, 0.15) is 0 Å². The third kappa shape index (κ3) is 2.44. The summed E-state index contributed by atoms with van der Waals surface area (Å²) < 4.78 is 0. The van der Waals surface area contributed by atoms with Crippen LogP contribution in [0, 0.1) is 0 Å². The lowest BCUT2D eigenvalue weighted by molar-refractivity contribution is 0.374. The lowest BCUT2D eigenvalue weighted by Crippen LogP contribution is -2.36. The summed E-state index contributed by atoms with van der Waals surface area (Å²) in [5.74, 6) is 0. The zero-order chi connectivity index (χ0) is 12.4. The van der Waals surface area contributed by atoms with Gasteiger partial charge in [-0.1, -0.05) is 37.1 Å². The van der Waals surface area contributed by atoms with E-state index in [1.165, 1.54) is 36.8 Å². The van der Waals surface area contributed by atoms with Crippen molar-refractivity contribution in [3.63, 3.8) is 0 Å². The first-order valence-corrected chi connectivity index (χ1v) is 7.18. The van der Waals surface area contributed by atoms with Gasteiger partial charge < -0.3 is 5.73 Å². The second-order valence-corrected chi connectivity index (χ2v) is 5.54. The van der Waals surface area contributed by atoms with E-state index in [9.17, 15) is 0 Å². The molecule has 0 amide bonds. The summed E-state index contributed by atoms with van der Waals surface area (Å²) in [6, 6.07) is 10.2. The number of hydrogen-bond donors (Lipinski definition) is 3. The van der Waals surface area contributed by atoms with Gasteiger partial charge in [-0.3, -0.25) is 10.6 Å². The zero-order valence-corrected chi connectivity index (χ0v) is 10.9. The number of hydrogen-bond acceptors (Lipinski definition) is 3. The van der Waals surface area contributed by atoms with Gasteiger partial charge in [-0.2, -0.15) is 0 Å². The number of nitrogens with one attached hydrogen (secondary N) is 2. The Hall–Kier alpha value is -0.900. The molecule has 1 saturated carbocycles. The molecule has 2 fully saturated rings. The minimum Gasteiger partial charge on any atom is -0.330 e. The molecule has 1 aromatic rings. The Morgan fingerprint density at radius 2 is 1.61 bits per heavy atom. The summed E-state index contributed by atoms with van der Waals surface area (Å²) in [6.45, 7) is 0.726. The van der Waals surface area contributed by atoms with E-state index in [2.05, 4.69) is 34.9 Å². The van der Waals surface area contributed by atoms with Crippen LogP contribution in [-0.4, -0.2) is 18.6 Å². The topological polar surface area (TPSA) is 50.1 Å². The number of rotatable bonds is 3. The van der Waals surface area contributed by atoms with E-state index in [1.807, 2.05) is 0 Å². The zero-order valence-electron chi connectivity index (χ0n) is 10.9. The predicted octanol–water partition coefficient (Wildman–Crippen LogP) is 1.69. The lowest BCUT2D eigenvalue weighted by Gasteiger charge is -2.23. The molecule has 1 aliphatic heterocycles. The molecule has 0 bridgehead atoms. The average Bonchev–Trinajstić information content (AvgIpc) is 2.84. The molecule has 0 spiro atoms. The second kappa shape index (κ2) is 5.39. The third-order valence-corrected chi connectivity index (χ3v) is 4.27. The van der Waals surface area contributed by atoms with Crippen LogP contribution in [0.5, 0.6) is 0 Å². The average molecular weight is 245 g/mol. The quantitative estimate of drug-likeness (QED) is 0.759. The molecule has 1 aliphatic carbocycles. The molecule has 3 heteroatoms. The van der Waals surface area contributed by atoms with Gasteiger partial charge in [-0.15, -0.1) is 0 Å². The largest absolute Gasteiger partial charge is 0.330 e. The molecule has 1 heterocycles. The van der Waals surface area contributed by atoms with Crippen LogP contribution in [0.15, 0.2) is 24.3 Å². The summed E-state index contributed by atoms with van der Waals surface area (Å²) in [6.07, 6.45) is 6.69. The lowest BCUT2D eigenvalue weighted by atomic mass is 9.92. The highest BCUT2D eigenvalue weighted by atomic mass is 15.2. The molecule has 1 saturated heterocycles. The fourth-order valence-electron chi connectivity index (χ4n) is 3.24. The Labute approximate surface area is 109 Å². The standard InChI is InChI=1S/C15H23N3/c16-10-9-11-5-7-12(8-6-11)15-17-13-3-1-2-4-14(13)18-15/h5-8,13-15,17-18H,1-4,9-10,16H2/t13-,14?,15?/m1/s1. The van der Waals surface area contributed by atoms with Crippen molar-refractivity contribution in [3.8, 4) is 0 Å². The summed E-state index contributed by atoms with van der Waals surface area (Å²) >= 11 is 0. The number of fused-ring (bicyclic) bond motifs is 1. The molecular formula is C15H23N3. The van der Waals surface area contributed by atoms with Gasteiger partial charge in [0.15, 0.2) is 0 Å². The molecule has 4 N–H and O–H groups in total. The number of nitrogens with two attached hydrogens (primary N) is 1. The maximum atomic E-state index is 5.58. The summed E-state index contributed by atoms with van der Waals surface area (Å²) in [5, 5.41) is 7.45. The van der Waals surface area contributed by atoms with Crippen molar-refractivity contribution >= 4 is 0 Å². The highest BCUT2D eigenvalue weighted by molar-refractivity contribution is 5.26. The predicted molar refractivity (Wildman–Crippen MR) is 74.3 cm³/mol. The van der Waals surface area contributed by atoms with Crippen molar-refractivity contribution < 1.29 is 0 Å². The SMILES string of the molecule is NCCc1ccc(C2NC3CCCC[C@H]3N2)cc1. The monoisotopic (exact) mass is 245 g/mol. The van der Waals surface area contributed by atoms with E-state index < -0.39 is 0 Å². The van der Waals surface area contributed by atoms with E-state index in [1.54, 1.807) is 0 Å². The van der Waals surface area contributed by atoms with E-state index in [0.717, 1.165) is 13.0 Å². The smallest absolute Gasteiger partial charge is 0.0840 e. The maximum Gasteiger partial charge on any atom is 0.0840 e. The first-order chi connectivity index (χ1) is 8.86. The molecule has 2 aliphatic rings. The van der Waals surface area contributed by atoms with Crippen LogP contribution in [0.1, 0.15) is 43.0 Å². The van der Waals surface area contributed by atoms with Crippen molar-refractivity contribution in [2.24, 2.45) is 5.73 Å². The first-order valence-electron chi connectivity index (χ1n) is 7.18. The van der Waals surface area contributed by atoms with Crippen LogP contribution in [-0.2, 0) is 6.42 Å². The Bertz CT molecular complexity index is 373. The molecule has 1 aromatic carbocycles. The van der Waals surface area contributed by atoms with Gasteiger partial charge in [-0.25, -0.2) is 0 Å². The van der Waals surface area contributed by atoms with Gasteiger partial charge >= 0.3 is 0 Å². The molecule has 2 unspecified atom stereocenters. The summed E-state index contributed by atoms with van der Waals surface area (Å²) in [7, 11) is 0. The first kappa shape index (κ1) is 12.2. The minimum absolute atomic E-state index is 0.338. The van der Waals surface area contributed by atoms with Crippen molar-refractivity contribution in [1.82, 2.24) is 10.6 Å². The van der Waals surface area contributed by atoms with Crippen molar-refractivity contribution in [1.29, 1.82) is 0 Å². The Morgan fingerprint density at radius 3 is 2.17 bits per heavy atom. The van der Waals surface area contributed by atoms with Gasteiger partial charge in [-0.05, 0) is 36.9 Å². The van der Waals surface area contributed by atoms with Crippen molar-refractivity contribution in [2.45, 2.75) is 50.4 Å². The Kier molecular flexibility index (Phi) is 3.64. The molecule has 0 aromatic heterocycles. The fraction of sp³-hybridized carbons (Fsp3) is 0.600.